The number of hydrogen-bond donors (Lipinski definition) is 1. The number of carboxylic acids is 1. The maximum Gasteiger partial charge on any atom is 0.328 e. The number of likely N-dealkylation sites (N-methyl/N-ethyl adjacent to an activating group) is 1. The molecule has 0 heterocycles. The molecule has 0 fully saturated rings. The first kappa shape index (κ1) is 16.8. The Kier molecular flexibility index (Phi) is 6.55. The molecular weight excluding hydrogens is 277 g/mol. The first-order valence-corrected chi connectivity index (χ1v) is 6.48. The highest BCUT2D eigenvalue weighted by molar-refractivity contribution is 5.95. The van der Waals surface area contributed by atoms with E-state index in [4.69, 9.17) is 9.84 Å². The van der Waals surface area contributed by atoms with Gasteiger partial charge in [-0.2, -0.15) is 0 Å². The van der Waals surface area contributed by atoms with Gasteiger partial charge in [-0.05, 0) is 30.7 Å². The fourth-order valence-electron chi connectivity index (χ4n) is 1.75. The van der Waals surface area contributed by atoms with E-state index in [9.17, 15) is 14.0 Å². The predicted molar refractivity (Wildman–Crippen MR) is 76.5 cm³/mol. The fraction of sp³-hybridized carbons (Fsp3) is 0.333. The molecule has 114 valence electrons. The summed E-state index contributed by atoms with van der Waals surface area (Å²) < 4.78 is 18.7. The van der Waals surface area contributed by atoms with Crippen molar-refractivity contribution in [1.29, 1.82) is 0 Å². The molecule has 5 nitrogen and oxygen atoms in total. The van der Waals surface area contributed by atoms with Crippen LogP contribution < -0.4 is 0 Å². The number of hydrogen-bond acceptors (Lipinski definition) is 3. The van der Waals surface area contributed by atoms with Crippen LogP contribution in [0.25, 0.3) is 6.08 Å². The van der Waals surface area contributed by atoms with Gasteiger partial charge in [0.25, 0.3) is 5.91 Å². The lowest BCUT2D eigenvalue weighted by molar-refractivity contribution is -0.131. The summed E-state index contributed by atoms with van der Waals surface area (Å²) in [6.07, 6.45) is 2.24. The summed E-state index contributed by atoms with van der Waals surface area (Å²) in [5, 5.41) is 8.58. The van der Waals surface area contributed by atoms with Gasteiger partial charge in [-0.1, -0.05) is 6.07 Å². The summed E-state index contributed by atoms with van der Waals surface area (Å²) in [5.41, 5.74) is 0.366. The molecule has 0 bridgehead atoms. The third kappa shape index (κ3) is 5.00. The molecule has 0 aliphatic carbocycles. The smallest absolute Gasteiger partial charge is 0.328 e. The second kappa shape index (κ2) is 8.16. The molecule has 0 aliphatic heterocycles. The zero-order chi connectivity index (χ0) is 15.8. The maximum absolute atomic E-state index is 13.8. The third-order valence-corrected chi connectivity index (χ3v) is 2.87. The van der Waals surface area contributed by atoms with E-state index in [-0.39, 0.29) is 5.56 Å². The molecule has 1 aromatic rings. The molecule has 21 heavy (non-hydrogen) atoms. The van der Waals surface area contributed by atoms with Crippen molar-refractivity contribution in [3.63, 3.8) is 0 Å². The summed E-state index contributed by atoms with van der Waals surface area (Å²) in [6.45, 7) is 2.94. The van der Waals surface area contributed by atoms with E-state index in [1.165, 1.54) is 30.2 Å². The fourth-order valence-corrected chi connectivity index (χ4v) is 1.75. The number of carbonyl (C=O) groups excluding carboxylic acids is 1. The van der Waals surface area contributed by atoms with E-state index in [2.05, 4.69) is 0 Å². The Hall–Kier alpha value is -2.21. The number of amides is 1. The summed E-state index contributed by atoms with van der Waals surface area (Å²) in [4.78, 5) is 24.2. The Morgan fingerprint density at radius 2 is 2.14 bits per heavy atom. The Bertz CT molecular complexity index is 542. The van der Waals surface area contributed by atoms with Crippen LogP contribution >= 0.6 is 0 Å². The number of aliphatic carboxylic acids is 1. The van der Waals surface area contributed by atoms with Gasteiger partial charge in [-0.3, -0.25) is 4.79 Å². The van der Waals surface area contributed by atoms with Crippen molar-refractivity contribution in [2.75, 3.05) is 26.8 Å². The maximum atomic E-state index is 13.8. The minimum Gasteiger partial charge on any atom is -0.478 e. The van der Waals surface area contributed by atoms with Crippen LogP contribution in [0, 0.1) is 5.82 Å². The van der Waals surface area contributed by atoms with Crippen molar-refractivity contribution in [2.45, 2.75) is 6.92 Å². The molecule has 0 spiro atoms. The molecule has 0 saturated heterocycles. The molecule has 1 rings (SSSR count). The Morgan fingerprint density at radius 3 is 2.71 bits per heavy atom. The predicted octanol–water partition coefficient (Wildman–Crippen LogP) is 2.03. The van der Waals surface area contributed by atoms with Gasteiger partial charge in [-0.15, -0.1) is 0 Å². The number of ether oxygens (including phenoxy) is 1. The number of nitrogens with zero attached hydrogens (tertiary/aromatic N) is 1. The second-order valence-electron chi connectivity index (χ2n) is 4.29. The number of carbonyl (C=O) groups is 2. The number of benzene rings is 1. The normalized spacial score (nSPS) is 10.8. The molecule has 1 aromatic carbocycles. The van der Waals surface area contributed by atoms with Gasteiger partial charge in [0.05, 0.1) is 12.2 Å². The zero-order valence-corrected chi connectivity index (χ0v) is 12.0. The molecule has 0 aliphatic rings. The van der Waals surface area contributed by atoms with Crippen LogP contribution in [-0.4, -0.2) is 48.7 Å². The summed E-state index contributed by atoms with van der Waals surface area (Å²) >= 11 is 0. The average molecular weight is 295 g/mol. The van der Waals surface area contributed by atoms with Gasteiger partial charge in [0.2, 0.25) is 0 Å². The largest absolute Gasteiger partial charge is 0.478 e. The van der Waals surface area contributed by atoms with Gasteiger partial charge in [0.15, 0.2) is 0 Å². The minimum atomic E-state index is -1.11. The Balaban J connectivity index is 3.01. The van der Waals surface area contributed by atoms with E-state index in [1.807, 2.05) is 0 Å². The van der Waals surface area contributed by atoms with Crippen molar-refractivity contribution in [1.82, 2.24) is 4.90 Å². The van der Waals surface area contributed by atoms with Crippen LogP contribution in [0.4, 0.5) is 4.39 Å². The van der Waals surface area contributed by atoms with Crippen molar-refractivity contribution >= 4 is 18.0 Å². The minimum absolute atomic E-state index is 0.0829. The lowest BCUT2D eigenvalue weighted by atomic mass is 10.1. The van der Waals surface area contributed by atoms with Crippen LogP contribution in [0.15, 0.2) is 24.3 Å². The van der Waals surface area contributed by atoms with Gasteiger partial charge in [0, 0.05) is 26.3 Å². The molecule has 0 atom stereocenters. The topological polar surface area (TPSA) is 66.8 Å². The highest BCUT2D eigenvalue weighted by Crippen LogP contribution is 2.14. The summed E-state index contributed by atoms with van der Waals surface area (Å²) in [5.74, 6) is -2.19. The zero-order valence-electron chi connectivity index (χ0n) is 12.0. The lowest BCUT2D eigenvalue weighted by Crippen LogP contribution is -2.34. The highest BCUT2D eigenvalue weighted by atomic mass is 19.1. The van der Waals surface area contributed by atoms with E-state index in [1.54, 1.807) is 6.92 Å². The molecule has 1 N–H and O–H groups in total. The molecule has 0 unspecified atom stereocenters. The first-order chi connectivity index (χ1) is 9.99. The van der Waals surface area contributed by atoms with Gasteiger partial charge in [0.1, 0.15) is 5.82 Å². The van der Waals surface area contributed by atoms with Crippen LogP contribution in [-0.2, 0) is 9.53 Å². The van der Waals surface area contributed by atoms with Gasteiger partial charge < -0.3 is 14.7 Å². The second-order valence-corrected chi connectivity index (χ2v) is 4.29. The van der Waals surface area contributed by atoms with Crippen molar-refractivity contribution < 1.29 is 23.8 Å². The third-order valence-electron chi connectivity index (χ3n) is 2.87. The van der Waals surface area contributed by atoms with Gasteiger partial charge in [-0.25, -0.2) is 9.18 Å². The monoisotopic (exact) mass is 295 g/mol. The first-order valence-electron chi connectivity index (χ1n) is 6.48. The number of methoxy groups -OCH3 is 1. The quantitative estimate of drug-likeness (QED) is 0.782. The van der Waals surface area contributed by atoms with Crippen molar-refractivity contribution in [3.8, 4) is 0 Å². The lowest BCUT2D eigenvalue weighted by Gasteiger charge is -2.20. The summed E-state index contributed by atoms with van der Waals surface area (Å²) in [7, 11) is 1.52. The van der Waals surface area contributed by atoms with E-state index < -0.39 is 17.7 Å². The van der Waals surface area contributed by atoms with E-state index in [0.29, 0.717) is 25.3 Å². The molecule has 6 heteroatoms. The highest BCUT2D eigenvalue weighted by Gasteiger charge is 2.18. The Labute approximate surface area is 122 Å². The molecule has 0 radical (unpaired) electrons. The van der Waals surface area contributed by atoms with Crippen molar-refractivity contribution in [3.05, 3.63) is 41.2 Å². The van der Waals surface area contributed by atoms with E-state index >= 15 is 0 Å². The van der Waals surface area contributed by atoms with Crippen molar-refractivity contribution in [2.24, 2.45) is 0 Å². The van der Waals surface area contributed by atoms with Gasteiger partial charge >= 0.3 is 5.97 Å². The summed E-state index contributed by atoms with van der Waals surface area (Å²) in [6, 6.07) is 3.91. The molecular formula is C15H18FNO4. The molecule has 1 amide bonds. The van der Waals surface area contributed by atoms with Crippen LogP contribution in [0.3, 0.4) is 0 Å². The molecule has 0 saturated carbocycles. The Morgan fingerprint density at radius 1 is 1.43 bits per heavy atom. The number of carboxylic acid groups (broad SMARTS) is 1. The van der Waals surface area contributed by atoms with E-state index in [0.717, 1.165) is 12.1 Å². The SMILES string of the molecule is CCN(CCOC)C(=O)c1cc(C=CC(=O)O)ccc1F. The number of rotatable bonds is 7. The number of halogens is 1. The van der Waals surface area contributed by atoms with Crippen LogP contribution in [0.1, 0.15) is 22.8 Å². The molecule has 0 aromatic heterocycles. The van der Waals surface area contributed by atoms with Crippen LogP contribution in [0.2, 0.25) is 0 Å². The van der Waals surface area contributed by atoms with Crippen LogP contribution in [0.5, 0.6) is 0 Å². The average Bonchev–Trinajstić information content (AvgIpc) is 2.46. The standard InChI is InChI=1S/C15H18FNO4/c1-3-17(8-9-21-2)15(20)12-10-11(4-6-13(12)16)5-7-14(18)19/h4-7,10H,3,8-9H2,1-2H3,(H,18,19).